The Labute approximate surface area is 283 Å². The maximum atomic E-state index is 13.3. The Bertz CT molecular complexity index is 1540. The van der Waals surface area contributed by atoms with Gasteiger partial charge in [-0.1, -0.05) is 66.2 Å². The number of rotatable bonds is 11. The minimum absolute atomic E-state index is 0.0266. The molecular weight excluding hydrogens is 703 g/mol. The quantitative estimate of drug-likeness (QED) is 0.186. The molecule has 48 heavy (non-hydrogen) atoms. The van der Waals surface area contributed by atoms with Crippen LogP contribution in [-0.4, -0.2) is 67.5 Å². The number of carbonyl (C=O) groups excluding carboxylic acids is 2. The molecule has 17 heteroatoms. The summed E-state index contributed by atoms with van der Waals surface area (Å²) in [5, 5.41) is 24.4. The van der Waals surface area contributed by atoms with Crippen LogP contribution in [0, 0.1) is 5.92 Å². The fourth-order valence-electron chi connectivity index (χ4n) is 5.08. The largest absolute Gasteiger partial charge is 0.493 e. The van der Waals surface area contributed by atoms with Crippen LogP contribution >= 0.6 is 15.9 Å². The molecule has 0 unspecified atom stereocenters. The van der Waals surface area contributed by atoms with Gasteiger partial charge in [-0.15, -0.1) is 5.10 Å². The first kappa shape index (κ1) is 37.9. The Balaban J connectivity index is 0.000000804. The molecule has 260 valence electrons. The van der Waals surface area contributed by atoms with E-state index < -0.39 is 18.2 Å². The van der Waals surface area contributed by atoms with Gasteiger partial charge >= 0.3 is 12.1 Å². The number of carbonyl (C=O) groups is 3. The SMILES string of the molecule is COc1cc(Br)c(CC(=O)NC(N)=N[C@H](CC2CCCCC2)C(=O)NCc2cccc(C3=NN=NC3)c2)cc1OC.O=C(O)C(F)(F)F. The molecule has 0 aromatic heterocycles. The Morgan fingerprint density at radius 3 is 2.38 bits per heavy atom. The van der Waals surface area contributed by atoms with Crippen LogP contribution in [0.25, 0.3) is 0 Å². The molecule has 0 radical (unpaired) electrons. The molecule has 5 N–H and O–H groups in total. The van der Waals surface area contributed by atoms with Crippen LogP contribution in [0.5, 0.6) is 11.5 Å². The summed E-state index contributed by atoms with van der Waals surface area (Å²) < 4.78 is 43.1. The lowest BCUT2D eigenvalue weighted by Gasteiger charge is -2.24. The molecule has 1 aliphatic carbocycles. The number of carboxylic acids is 1. The van der Waals surface area contributed by atoms with E-state index in [2.05, 4.69) is 47.0 Å². The molecule has 2 aromatic carbocycles. The highest BCUT2D eigenvalue weighted by Gasteiger charge is 2.38. The van der Waals surface area contributed by atoms with E-state index in [0.29, 0.717) is 47.0 Å². The minimum atomic E-state index is -5.08. The molecule has 2 aromatic rings. The second-order valence-electron chi connectivity index (χ2n) is 11.0. The van der Waals surface area contributed by atoms with Gasteiger partial charge in [0, 0.05) is 16.6 Å². The van der Waals surface area contributed by atoms with E-state index in [1.54, 1.807) is 19.2 Å². The fourth-order valence-corrected chi connectivity index (χ4v) is 5.54. The van der Waals surface area contributed by atoms with Crippen molar-refractivity contribution < 1.29 is 42.1 Å². The molecule has 0 bridgehead atoms. The number of nitrogens with one attached hydrogen (secondary N) is 2. The Hall–Kier alpha value is -4.54. The van der Waals surface area contributed by atoms with Crippen molar-refractivity contribution in [1.82, 2.24) is 10.6 Å². The van der Waals surface area contributed by atoms with Crippen LogP contribution < -0.4 is 25.8 Å². The Morgan fingerprint density at radius 1 is 1.10 bits per heavy atom. The van der Waals surface area contributed by atoms with Crippen LogP contribution in [0.2, 0.25) is 0 Å². The van der Waals surface area contributed by atoms with E-state index >= 15 is 0 Å². The van der Waals surface area contributed by atoms with Gasteiger partial charge in [-0.3, -0.25) is 14.9 Å². The van der Waals surface area contributed by atoms with Crippen LogP contribution in [-0.2, 0) is 27.3 Å². The molecule has 0 saturated heterocycles. The average molecular weight is 741 g/mol. The normalized spacial score (nSPS) is 15.5. The van der Waals surface area contributed by atoms with Gasteiger partial charge in [0.25, 0.3) is 0 Å². The van der Waals surface area contributed by atoms with Crippen molar-refractivity contribution in [2.24, 2.45) is 32.1 Å². The molecule has 0 spiro atoms. The lowest BCUT2D eigenvalue weighted by molar-refractivity contribution is -0.192. The van der Waals surface area contributed by atoms with Gasteiger partial charge in [-0.25, -0.2) is 9.79 Å². The lowest BCUT2D eigenvalue weighted by atomic mass is 9.84. The number of nitrogens with zero attached hydrogens (tertiary/aromatic N) is 4. The number of alkyl halides is 3. The predicted molar refractivity (Wildman–Crippen MR) is 174 cm³/mol. The van der Waals surface area contributed by atoms with Crippen molar-refractivity contribution in [2.75, 3.05) is 20.8 Å². The number of halogens is 4. The summed E-state index contributed by atoms with van der Waals surface area (Å²) in [5.74, 6) is -2.00. The zero-order chi connectivity index (χ0) is 35.3. The first-order valence-corrected chi connectivity index (χ1v) is 15.7. The van der Waals surface area contributed by atoms with E-state index in [1.165, 1.54) is 13.5 Å². The smallest absolute Gasteiger partial charge is 0.490 e. The topological polar surface area (TPSA) is 189 Å². The number of benzene rings is 2. The molecule has 13 nitrogen and oxygen atoms in total. The molecule has 1 heterocycles. The van der Waals surface area contributed by atoms with Crippen molar-refractivity contribution in [3.63, 3.8) is 0 Å². The van der Waals surface area contributed by atoms with Crippen LogP contribution in [0.4, 0.5) is 13.2 Å². The van der Waals surface area contributed by atoms with Gasteiger partial charge in [0.2, 0.25) is 11.8 Å². The second-order valence-corrected chi connectivity index (χ2v) is 11.8. The zero-order valence-corrected chi connectivity index (χ0v) is 27.9. The summed E-state index contributed by atoms with van der Waals surface area (Å²) in [7, 11) is 3.08. The number of methoxy groups -OCH3 is 2. The third-order valence-electron chi connectivity index (χ3n) is 7.47. The number of hydrogen-bond acceptors (Lipinski definition) is 9. The van der Waals surface area contributed by atoms with Crippen molar-refractivity contribution in [3.8, 4) is 11.5 Å². The number of aliphatic carboxylic acids is 1. The first-order chi connectivity index (χ1) is 22.8. The standard InChI is InChI=1S/C29H36BrN7O4.C2HF3O2/c1-40-25-13-21(22(30)15-26(25)41-2)14-27(38)35-29(31)34-23(12-18-7-4-3-5-8-18)28(39)32-16-19-9-6-10-20(11-19)24-17-33-37-36-24;3-2(4,5)1(6)7/h6,9-11,13,15,18,23H,3-5,7-8,12,14,16-17H2,1-2H3,(H,32,39)(H3,31,34,35,38);(H,6,7)/t23-;/m1./s1. The molecule has 4 rings (SSSR count). The zero-order valence-electron chi connectivity index (χ0n) is 26.3. The van der Waals surface area contributed by atoms with Crippen molar-refractivity contribution in [1.29, 1.82) is 0 Å². The van der Waals surface area contributed by atoms with E-state index in [4.69, 9.17) is 25.1 Å². The van der Waals surface area contributed by atoms with Crippen LogP contribution in [0.15, 0.2) is 61.3 Å². The average Bonchev–Trinajstić information content (AvgIpc) is 3.60. The maximum Gasteiger partial charge on any atom is 0.490 e. The van der Waals surface area contributed by atoms with Gasteiger partial charge in [-0.05, 0) is 46.9 Å². The summed E-state index contributed by atoms with van der Waals surface area (Å²) in [5.41, 5.74) is 9.49. The highest BCUT2D eigenvalue weighted by atomic mass is 79.9. The maximum absolute atomic E-state index is 13.3. The van der Waals surface area contributed by atoms with Gasteiger partial charge < -0.3 is 25.6 Å². The predicted octanol–water partition coefficient (Wildman–Crippen LogP) is 4.90. The fraction of sp³-hybridized carbons (Fsp3) is 0.452. The van der Waals surface area contributed by atoms with E-state index in [9.17, 15) is 22.8 Å². The monoisotopic (exact) mass is 739 g/mol. The van der Waals surface area contributed by atoms with E-state index in [0.717, 1.165) is 42.5 Å². The molecule has 1 aliphatic heterocycles. The molecule has 1 fully saturated rings. The van der Waals surface area contributed by atoms with Crippen molar-refractivity contribution in [3.05, 3.63) is 57.6 Å². The number of amides is 2. The summed E-state index contributed by atoms with van der Waals surface area (Å²) >= 11 is 3.47. The molecule has 1 saturated carbocycles. The van der Waals surface area contributed by atoms with Gasteiger partial charge in [0.05, 0.1) is 26.4 Å². The van der Waals surface area contributed by atoms with Crippen molar-refractivity contribution in [2.45, 2.75) is 63.7 Å². The number of guanidine groups is 1. The summed E-state index contributed by atoms with van der Waals surface area (Å²) in [4.78, 5) is 39.6. The Kier molecular flexibility index (Phi) is 14.3. The minimum Gasteiger partial charge on any atom is -0.493 e. The van der Waals surface area contributed by atoms with Crippen molar-refractivity contribution >= 4 is 45.4 Å². The second kappa shape index (κ2) is 18.1. The van der Waals surface area contributed by atoms with E-state index in [-0.39, 0.29) is 24.2 Å². The number of hydrogen-bond donors (Lipinski definition) is 4. The lowest BCUT2D eigenvalue weighted by Crippen LogP contribution is -2.42. The summed E-state index contributed by atoms with van der Waals surface area (Å²) in [6.45, 7) is 0.770. The number of nitrogens with two attached hydrogens (primary N) is 1. The van der Waals surface area contributed by atoms with Gasteiger partial charge in [-0.2, -0.15) is 18.3 Å². The molecule has 2 amide bonds. The molecule has 1 atom stereocenters. The summed E-state index contributed by atoms with van der Waals surface area (Å²) in [6.07, 6.45) is 1.12. The third-order valence-corrected chi connectivity index (χ3v) is 8.21. The Morgan fingerprint density at radius 2 is 1.77 bits per heavy atom. The first-order valence-electron chi connectivity index (χ1n) is 14.9. The van der Waals surface area contributed by atoms with E-state index in [1.807, 2.05) is 24.3 Å². The molecule has 2 aliphatic rings. The highest BCUT2D eigenvalue weighted by Crippen LogP contribution is 2.33. The van der Waals surface area contributed by atoms with Crippen LogP contribution in [0.1, 0.15) is 55.2 Å². The highest BCUT2D eigenvalue weighted by molar-refractivity contribution is 9.10. The number of ether oxygens (including phenoxy) is 2. The van der Waals surface area contributed by atoms with Gasteiger partial charge in [0.1, 0.15) is 12.6 Å². The third kappa shape index (κ3) is 11.9. The number of carboxylic acid groups (broad SMARTS) is 1. The summed E-state index contributed by atoms with van der Waals surface area (Å²) in [6, 6.07) is 10.5. The number of aliphatic imine (C=N–C) groups is 1. The van der Waals surface area contributed by atoms with Crippen LogP contribution in [0.3, 0.4) is 0 Å². The molecular formula is C31H37BrF3N7O6. The van der Waals surface area contributed by atoms with Gasteiger partial charge in [0.15, 0.2) is 17.5 Å².